The van der Waals surface area contributed by atoms with E-state index in [-0.39, 0.29) is 17.2 Å². The Kier molecular flexibility index (Phi) is 7.25. The molecule has 0 aliphatic heterocycles. The van der Waals surface area contributed by atoms with Gasteiger partial charge in [0.1, 0.15) is 11.8 Å². The van der Waals surface area contributed by atoms with Crippen molar-refractivity contribution >= 4 is 21.6 Å². The normalized spacial score (nSPS) is 12.2. The van der Waals surface area contributed by atoms with E-state index in [1.54, 1.807) is 62.4 Å². The Morgan fingerprint density at radius 1 is 1.09 bits per heavy atom. The van der Waals surface area contributed by atoms with Crippen LogP contribution in [0.1, 0.15) is 24.6 Å². The molecule has 3 rings (SSSR count). The number of ether oxygens (including phenoxy) is 1. The summed E-state index contributed by atoms with van der Waals surface area (Å²) in [5.41, 5.74) is 1.84. The number of amides is 1. The van der Waals surface area contributed by atoms with Gasteiger partial charge in [-0.1, -0.05) is 37.3 Å². The van der Waals surface area contributed by atoms with Crippen LogP contribution in [0.25, 0.3) is 0 Å². The molecule has 1 heterocycles. The van der Waals surface area contributed by atoms with E-state index in [4.69, 9.17) is 4.74 Å². The topological polar surface area (TPSA) is 80.6 Å². The van der Waals surface area contributed by atoms with E-state index in [1.165, 1.54) is 11.4 Å². The Bertz CT molecular complexity index is 1190. The molecule has 0 aliphatic rings. The van der Waals surface area contributed by atoms with Gasteiger partial charge in [0, 0.05) is 18.9 Å². The second-order valence-electron chi connectivity index (χ2n) is 7.49. The molecule has 32 heavy (non-hydrogen) atoms. The van der Waals surface area contributed by atoms with Gasteiger partial charge in [-0.15, -0.1) is 0 Å². The number of methoxy groups -OCH3 is 1. The van der Waals surface area contributed by atoms with Crippen molar-refractivity contribution < 1.29 is 17.9 Å². The fraction of sp³-hybridized carbons (Fsp3) is 0.292. The number of nitrogens with one attached hydrogen (secondary N) is 1. The van der Waals surface area contributed by atoms with Crippen molar-refractivity contribution in [3.8, 4) is 5.75 Å². The van der Waals surface area contributed by atoms with Crippen LogP contribution in [0, 0.1) is 6.92 Å². The van der Waals surface area contributed by atoms with Crippen LogP contribution in [0.2, 0.25) is 0 Å². The van der Waals surface area contributed by atoms with Gasteiger partial charge in [0.2, 0.25) is 5.91 Å². The molecule has 1 amide bonds. The molecule has 0 saturated heterocycles. The number of hydrogen-bond acceptors (Lipinski definition) is 4. The van der Waals surface area contributed by atoms with E-state index in [0.717, 1.165) is 5.69 Å². The van der Waals surface area contributed by atoms with Crippen LogP contribution in [-0.2, 0) is 28.4 Å². The Balaban J connectivity index is 2.07. The molecule has 0 radical (unpaired) electrons. The predicted octanol–water partition coefficient (Wildman–Crippen LogP) is 3.63. The molecule has 170 valence electrons. The highest BCUT2D eigenvalue weighted by Gasteiger charge is 2.37. The average molecular weight is 456 g/mol. The molecule has 1 atom stereocenters. The maximum absolute atomic E-state index is 13.9. The molecule has 1 unspecified atom stereocenters. The standard InChI is InChI=1S/C24H29N3O4S/c1-5-20(24(28)25-17-19-12-10-16-26(19)3)27(21-13-7-8-14-22(21)31-4)32(29,30)23-15-9-6-11-18(23)2/h6-16,20H,5,17H2,1-4H3,(H,25,28). The summed E-state index contributed by atoms with van der Waals surface area (Å²) in [7, 11) is -0.695. The van der Waals surface area contributed by atoms with E-state index < -0.39 is 16.1 Å². The van der Waals surface area contributed by atoms with Crippen LogP contribution in [0.15, 0.2) is 71.8 Å². The predicted molar refractivity (Wildman–Crippen MR) is 125 cm³/mol. The van der Waals surface area contributed by atoms with Gasteiger partial charge in [0.25, 0.3) is 10.0 Å². The third kappa shape index (κ3) is 4.65. The van der Waals surface area contributed by atoms with Crippen molar-refractivity contribution in [3.63, 3.8) is 0 Å². The Hall–Kier alpha value is -3.26. The molecule has 0 aliphatic carbocycles. The summed E-state index contributed by atoms with van der Waals surface area (Å²) >= 11 is 0. The molecule has 1 N–H and O–H groups in total. The smallest absolute Gasteiger partial charge is 0.265 e. The van der Waals surface area contributed by atoms with Crippen molar-refractivity contribution in [1.82, 2.24) is 9.88 Å². The van der Waals surface area contributed by atoms with Gasteiger partial charge < -0.3 is 14.6 Å². The molecule has 1 aromatic heterocycles. The fourth-order valence-corrected chi connectivity index (χ4v) is 5.59. The molecule has 7 nitrogen and oxygen atoms in total. The number of rotatable bonds is 9. The van der Waals surface area contributed by atoms with Crippen LogP contribution >= 0.6 is 0 Å². The molecule has 3 aromatic rings. The van der Waals surface area contributed by atoms with E-state index in [2.05, 4.69) is 5.32 Å². The van der Waals surface area contributed by atoms with Crippen molar-refractivity contribution in [2.24, 2.45) is 7.05 Å². The van der Waals surface area contributed by atoms with Crippen molar-refractivity contribution in [3.05, 3.63) is 78.1 Å². The van der Waals surface area contributed by atoms with Crippen LogP contribution in [0.5, 0.6) is 5.75 Å². The molecule has 8 heteroatoms. The molecule has 0 bridgehead atoms. The maximum Gasteiger partial charge on any atom is 0.265 e. The minimum atomic E-state index is -4.07. The van der Waals surface area contributed by atoms with Gasteiger partial charge in [-0.3, -0.25) is 9.10 Å². The lowest BCUT2D eigenvalue weighted by atomic mass is 10.1. The summed E-state index contributed by atoms with van der Waals surface area (Å²) in [6.45, 7) is 3.83. The van der Waals surface area contributed by atoms with Crippen LogP contribution < -0.4 is 14.4 Å². The first kappa shape index (κ1) is 23.4. The first-order valence-electron chi connectivity index (χ1n) is 10.4. The van der Waals surface area contributed by atoms with Gasteiger partial charge in [-0.2, -0.15) is 0 Å². The molecular formula is C24H29N3O4S. The third-order valence-corrected chi connectivity index (χ3v) is 7.40. The van der Waals surface area contributed by atoms with E-state index in [0.29, 0.717) is 23.5 Å². The van der Waals surface area contributed by atoms with Gasteiger partial charge in [0.05, 0.1) is 24.2 Å². The first-order valence-corrected chi connectivity index (χ1v) is 11.9. The second-order valence-corrected chi connectivity index (χ2v) is 9.27. The zero-order chi connectivity index (χ0) is 23.3. The summed E-state index contributed by atoms with van der Waals surface area (Å²) in [6, 6.07) is 16.4. The average Bonchev–Trinajstić information content (AvgIpc) is 3.20. The van der Waals surface area contributed by atoms with E-state index in [9.17, 15) is 13.2 Å². The number of aromatic nitrogens is 1. The van der Waals surface area contributed by atoms with Crippen molar-refractivity contribution in [2.75, 3.05) is 11.4 Å². The van der Waals surface area contributed by atoms with Gasteiger partial charge in [-0.25, -0.2) is 8.42 Å². The molecule has 0 saturated carbocycles. The van der Waals surface area contributed by atoms with Gasteiger partial charge >= 0.3 is 0 Å². The quantitative estimate of drug-likeness (QED) is 0.534. The SMILES string of the molecule is CCC(C(=O)NCc1cccn1C)N(c1ccccc1OC)S(=O)(=O)c1ccccc1C. The van der Waals surface area contributed by atoms with Crippen LogP contribution in [0.3, 0.4) is 0 Å². The lowest BCUT2D eigenvalue weighted by Crippen LogP contribution is -2.49. The van der Waals surface area contributed by atoms with Crippen LogP contribution in [-0.4, -0.2) is 32.0 Å². The lowest BCUT2D eigenvalue weighted by Gasteiger charge is -2.32. The highest BCUT2D eigenvalue weighted by Crippen LogP contribution is 2.35. The summed E-state index contributed by atoms with van der Waals surface area (Å²) in [5, 5.41) is 2.90. The van der Waals surface area contributed by atoms with Gasteiger partial charge in [-0.05, 0) is 49.2 Å². The first-order chi connectivity index (χ1) is 15.3. The Morgan fingerprint density at radius 2 is 1.78 bits per heavy atom. The number of para-hydroxylation sites is 2. The number of sulfonamides is 1. The molecule has 0 spiro atoms. The number of carbonyl (C=O) groups is 1. The molecule has 2 aromatic carbocycles. The maximum atomic E-state index is 13.9. The monoisotopic (exact) mass is 455 g/mol. The Morgan fingerprint density at radius 3 is 2.41 bits per heavy atom. The number of hydrogen-bond donors (Lipinski definition) is 1. The van der Waals surface area contributed by atoms with Crippen LogP contribution in [0.4, 0.5) is 5.69 Å². The lowest BCUT2D eigenvalue weighted by molar-refractivity contribution is -0.122. The van der Waals surface area contributed by atoms with Crippen molar-refractivity contribution in [2.45, 2.75) is 37.8 Å². The van der Waals surface area contributed by atoms with Gasteiger partial charge in [0.15, 0.2) is 0 Å². The zero-order valence-corrected chi connectivity index (χ0v) is 19.6. The molecule has 0 fully saturated rings. The van der Waals surface area contributed by atoms with Crippen molar-refractivity contribution in [1.29, 1.82) is 0 Å². The molecular weight excluding hydrogens is 426 g/mol. The van der Waals surface area contributed by atoms with E-state index >= 15 is 0 Å². The number of anilines is 1. The third-order valence-electron chi connectivity index (χ3n) is 5.42. The Labute approximate surface area is 189 Å². The van der Waals surface area contributed by atoms with E-state index in [1.807, 2.05) is 29.9 Å². The highest BCUT2D eigenvalue weighted by molar-refractivity contribution is 7.93. The number of benzene rings is 2. The minimum absolute atomic E-state index is 0.152. The number of aryl methyl sites for hydroxylation is 2. The number of nitrogens with zero attached hydrogens (tertiary/aromatic N) is 2. The highest BCUT2D eigenvalue weighted by atomic mass is 32.2. The minimum Gasteiger partial charge on any atom is -0.495 e. The summed E-state index contributed by atoms with van der Waals surface area (Å²) < 4.78 is 36.4. The summed E-state index contributed by atoms with van der Waals surface area (Å²) in [5.74, 6) is -0.00453. The largest absolute Gasteiger partial charge is 0.495 e. The fourth-order valence-electron chi connectivity index (χ4n) is 3.66. The zero-order valence-electron chi connectivity index (χ0n) is 18.8. The number of carbonyl (C=O) groups excluding carboxylic acids is 1. The summed E-state index contributed by atoms with van der Waals surface area (Å²) in [6.07, 6.45) is 2.17. The second kappa shape index (κ2) is 9.91. The summed E-state index contributed by atoms with van der Waals surface area (Å²) in [4.78, 5) is 13.4.